The molecule has 0 aromatic rings. The minimum Gasteiger partial charge on any atom is -0.383 e. The summed E-state index contributed by atoms with van der Waals surface area (Å²) < 4.78 is 10.7. The van der Waals surface area contributed by atoms with Gasteiger partial charge in [0.1, 0.15) is 0 Å². The average Bonchev–Trinajstić information content (AvgIpc) is 2.63. The van der Waals surface area contributed by atoms with E-state index in [1.54, 1.807) is 7.11 Å². The predicted octanol–water partition coefficient (Wildman–Crippen LogP) is 1.43. The van der Waals surface area contributed by atoms with Gasteiger partial charge in [-0.3, -0.25) is 0 Å². The van der Waals surface area contributed by atoms with Gasteiger partial charge in [-0.25, -0.2) is 0 Å². The van der Waals surface area contributed by atoms with Crippen molar-refractivity contribution in [2.45, 2.75) is 31.7 Å². The van der Waals surface area contributed by atoms with Gasteiger partial charge in [0, 0.05) is 25.9 Å². The Labute approximate surface area is 92.5 Å². The zero-order chi connectivity index (χ0) is 10.7. The topological polar surface area (TPSA) is 30.5 Å². The summed E-state index contributed by atoms with van der Waals surface area (Å²) in [4.78, 5) is 0. The second kappa shape index (κ2) is 4.81. The Balaban J connectivity index is 1.85. The molecular weight excluding hydrogens is 190 g/mol. The number of hydrogen-bond acceptors (Lipinski definition) is 3. The van der Waals surface area contributed by atoms with E-state index in [0.29, 0.717) is 0 Å². The minimum absolute atomic E-state index is 0.206. The second-order valence-corrected chi connectivity index (χ2v) is 5.29. The first-order valence-electron chi connectivity index (χ1n) is 6.05. The van der Waals surface area contributed by atoms with Crippen molar-refractivity contribution in [1.82, 2.24) is 5.32 Å². The van der Waals surface area contributed by atoms with E-state index in [0.717, 1.165) is 38.2 Å². The maximum Gasteiger partial charge on any atom is 0.0641 e. The Bertz CT molecular complexity index is 204. The zero-order valence-electron chi connectivity index (χ0n) is 9.92. The number of hydrogen-bond donors (Lipinski definition) is 1. The van der Waals surface area contributed by atoms with E-state index in [-0.39, 0.29) is 5.54 Å². The van der Waals surface area contributed by atoms with Crippen molar-refractivity contribution in [2.75, 3.05) is 33.5 Å². The highest BCUT2D eigenvalue weighted by atomic mass is 16.5. The van der Waals surface area contributed by atoms with Gasteiger partial charge in [-0.15, -0.1) is 0 Å². The molecule has 0 radical (unpaired) electrons. The Hall–Kier alpha value is -0.120. The van der Waals surface area contributed by atoms with E-state index in [2.05, 4.69) is 12.2 Å². The van der Waals surface area contributed by atoms with Gasteiger partial charge >= 0.3 is 0 Å². The molecule has 0 aliphatic carbocycles. The molecular formula is C12H23NO2. The van der Waals surface area contributed by atoms with Crippen LogP contribution in [0.5, 0.6) is 0 Å². The highest BCUT2D eigenvalue weighted by molar-refractivity contribution is 4.95. The van der Waals surface area contributed by atoms with E-state index < -0.39 is 0 Å². The largest absolute Gasteiger partial charge is 0.383 e. The first kappa shape index (κ1) is 11.4. The van der Waals surface area contributed by atoms with Gasteiger partial charge < -0.3 is 14.8 Å². The fourth-order valence-corrected chi connectivity index (χ4v) is 3.05. The predicted molar refractivity (Wildman–Crippen MR) is 59.9 cm³/mol. The van der Waals surface area contributed by atoms with Gasteiger partial charge in [0.2, 0.25) is 0 Å². The molecule has 0 bridgehead atoms. The molecule has 0 aromatic carbocycles. The summed E-state index contributed by atoms with van der Waals surface area (Å²) in [5.41, 5.74) is 0.206. The van der Waals surface area contributed by atoms with Crippen molar-refractivity contribution in [3.8, 4) is 0 Å². The molecule has 2 unspecified atom stereocenters. The number of nitrogens with one attached hydrogen (secondary N) is 1. The van der Waals surface area contributed by atoms with Gasteiger partial charge in [0.05, 0.1) is 6.61 Å². The van der Waals surface area contributed by atoms with Crippen LogP contribution in [0.15, 0.2) is 0 Å². The Morgan fingerprint density at radius 1 is 1.33 bits per heavy atom. The lowest BCUT2D eigenvalue weighted by Gasteiger charge is -2.28. The lowest BCUT2D eigenvalue weighted by Crippen LogP contribution is -2.40. The third-order valence-electron chi connectivity index (χ3n) is 3.90. The van der Waals surface area contributed by atoms with Crippen molar-refractivity contribution in [3.05, 3.63) is 0 Å². The minimum atomic E-state index is 0.206. The van der Waals surface area contributed by atoms with Crippen LogP contribution in [0.2, 0.25) is 0 Å². The van der Waals surface area contributed by atoms with Crippen LogP contribution in [-0.4, -0.2) is 39.0 Å². The lowest BCUT2D eigenvalue weighted by molar-refractivity contribution is 0.0470. The third-order valence-corrected chi connectivity index (χ3v) is 3.90. The molecule has 2 heterocycles. The molecule has 0 spiro atoms. The number of ether oxygens (including phenoxy) is 2. The van der Waals surface area contributed by atoms with Crippen molar-refractivity contribution in [2.24, 2.45) is 11.8 Å². The van der Waals surface area contributed by atoms with E-state index in [1.165, 1.54) is 19.3 Å². The molecule has 0 aromatic heterocycles. The van der Waals surface area contributed by atoms with Crippen LogP contribution >= 0.6 is 0 Å². The highest BCUT2D eigenvalue weighted by Crippen LogP contribution is 2.34. The lowest BCUT2D eigenvalue weighted by atomic mass is 9.82. The monoisotopic (exact) mass is 213 g/mol. The van der Waals surface area contributed by atoms with E-state index in [4.69, 9.17) is 9.47 Å². The standard InChI is InChI=1S/C12H23NO2/c1-12(9-14-2)7-11(8-13-12)10-3-5-15-6-4-10/h10-11,13H,3-9H2,1-2H3. The SMILES string of the molecule is COCC1(C)CC(C2CCOCC2)CN1. The molecule has 0 amide bonds. The van der Waals surface area contributed by atoms with Crippen LogP contribution in [0.25, 0.3) is 0 Å². The fourth-order valence-electron chi connectivity index (χ4n) is 3.05. The Morgan fingerprint density at radius 2 is 2.07 bits per heavy atom. The smallest absolute Gasteiger partial charge is 0.0641 e. The molecule has 1 N–H and O–H groups in total. The second-order valence-electron chi connectivity index (χ2n) is 5.29. The first-order chi connectivity index (χ1) is 7.23. The Morgan fingerprint density at radius 3 is 2.73 bits per heavy atom. The van der Waals surface area contributed by atoms with Gasteiger partial charge in [0.25, 0.3) is 0 Å². The average molecular weight is 213 g/mol. The quantitative estimate of drug-likeness (QED) is 0.769. The summed E-state index contributed by atoms with van der Waals surface area (Å²) in [7, 11) is 1.79. The van der Waals surface area contributed by atoms with E-state index in [1.807, 2.05) is 0 Å². The molecule has 2 atom stereocenters. The molecule has 2 aliphatic rings. The van der Waals surface area contributed by atoms with Crippen molar-refractivity contribution in [1.29, 1.82) is 0 Å². The molecule has 2 fully saturated rings. The zero-order valence-corrected chi connectivity index (χ0v) is 9.92. The molecule has 15 heavy (non-hydrogen) atoms. The van der Waals surface area contributed by atoms with Crippen LogP contribution in [0.3, 0.4) is 0 Å². The van der Waals surface area contributed by atoms with Gasteiger partial charge in [-0.2, -0.15) is 0 Å². The molecule has 0 saturated carbocycles. The van der Waals surface area contributed by atoms with Gasteiger partial charge in [-0.1, -0.05) is 0 Å². The normalized spacial score (nSPS) is 38.4. The number of methoxy groups -OCH3 is 1. The summed E-state index contributed by atoms with van der Waals surface area (Å²) in [6, 6.07) is 0. The van der Waals surface area contributed by atoms with E-state index >= 15 is 0 Å². The fraction of sp³-hybridized carbons (Fsp3) is 1.00. The first-order valence-corrected chi connectivity index (χ1v) is 6.05. The Kier molecular flexibility index (Phi) is 3.65. The maximum absolute atomic E-state index is 5.41. The van der Waals surface area contributed by atoms with Crippen LogP contribution in [-0.2, 0) is 9.47 Å². The molecule has 2 aliphatic heterocycles. The van der Waals surface area contributed by atoms with Crippen LogP contribution < -0.4 is 5.32 Å². The summed E-state index contributed by atoms with van der Waals surface area (Å²) in [6.07, 6.45) is 3.75. The van der Waals surface area contributed by atoms with Gasteiger partial charge in [-0.05, 0) is 44.6 Å². The summed E-state index contributed by atoms with van der Waals surface area (Å²) >= 11 is 0. The molecule has 88 valence electrons. The van der Waals surface area contributed by atoms with Crippen LogP contribution in [0.1, 0.15) is 26.2 Å². The summed E-state index contributed by atoms with van der Waals surface area (Å²) in [6.45, 7) is 6.18. The van der Waals surface area contributed by atoms with Crippen molar-refractivity contribution >= 4 is 0 Å². The van der Waals surface area contributed by atoms with Crippen molar-refractivity contribution in [3.63, 3.8) is 0 Å². The molecule has 3 heteroatoms. The van der Waals surface area contributed by atoms with Crippen LogP contribution in [0.4, 0.5) is 0 Å². The maximum atomic E-state index is 5.41. The summed E-state index contributed by atoms with van der Waals surface area (Å²) in [5, 5.41) is 3.62. The van der Waals surface area contributed by atoms with Crippen molar-refractivity contribution < 1.29 is 9.47 Å². The highest BCUT2D eigenvalue weighted by Gasteiger charge is 2.38. The number of rotatable bonds is 3. The van der Waals surface area contributed by atoms with Gasteiger partial charge in [0.15, 0.2) is 0 Å². The third kappa shape index (κ3) is 2.71. The summed E-state index contributed by atoms with van der Waals surface area (Å²) in [5.74, 6) is 1.69. The molecule has 2 rings (SSSR count). The molecule has 3 nitrogen and oxygen atoms in total. The van der Waals surface area contributed by atoms with Crippen LogP contribution in [0, 0.1) is 11.8 Å². The van der Waals surface area contributed by atoms with E-state index in [9.17, 15) is 0 Å². The molecule has 2 saturated heterocycles.